The molecule has 0 saturated heterocycles. The molecule has 0 spiro atoms. The zero-order valence-corrected chi connectivity index (χ0v) is 6.37. The summed E-state index contributed by atoms with van der Waals surface area (Å²) in [6.07, 6.45) is 2.37. The maximum Gasteiger partial charge on any atom is 0.290 e. The van der Waals surface area contributed by atoms with Crippen molar-refractivity contribution < 1.29 is 15.0 Å². The molecule has 10 heavy (non-hydrogen) atoms. The van der Waals surface area contributed by atoms with Crippen LogP contribution in [0.5, 0.6) is 0 Å². The second-order valence-corrected chi connectivity index (χ2v) is 2.41. The van der Waals surface area contributed by atoms with Crippen LogP contribution in [0.25, 0.3) is 0 Å². The van der Waals surface area contributed by atoms with E-state index in [1.54, 1.807) is 19.9 Å². The molecule has 0 fully saturated rings. The number of carboxylic acid groups (broad SMARTS) is 1. The molecular formula is C7H14O3. The Labute approximate surface area is 61.0 Å². The largest absolute Gasteiger partial charge is 0.483 e. The Bertz CT molecular complexity index is 91.5. The van der Waals surface area contributed by atoms with Crippen molar-refractivity contribution >= 4 is 6.47 Å². The second kappa shape index (κ2) is 6.29. The van der Waals surface area contributed by atoms with Gasteiger partial charge in [-0.1, -0.05) is 6.08 Å². The molecule has 2 N–H and O–H groups in total. The van der Waals surface area contributed by atoms with Gasteiger partial charge in [0.2, 0.25) is 0 Å². The number of carbonyl (C=O) groups is 1. The van der Waals surface area contributed by atoms with Crippen LogP contribution in [0.3, 0.4) is 0 Å². The molecule has 0 radical (unpaired) electrons. The van der Waals surface area contributed by atoms with Gasteiger partial charge in [-0.2, -0.15) is 0 Å². The highest BCUT2D eigenvalue weighted by Crippen LogP contribution is 2.05. The standard InChI is InChI=1S/C6H12O.CH2O2/c1-4-5-6(2,3)7;2-1-3/h4,7H,1,5H2,2-3H3;1H,(H,2,3). The first-order valence-electron chi connectivity index (χ1n) is 2.89. The van der Waals surface area contributed by atoms with Crippen molar-refractivity contribution in [1.29, 1.82) is 0 Å². The van der Waals surface area contributed by atoms with Crippen LogP contribution in [0.15, 0.2) is 12.7 Å². The van der Waals surface area contributed by atoms with Crippen molar-refractivity contribution in [2.75, 3.05) is 0 Å². The third kappa shape index (κ3) is 27.2. The molecule has 0 amide bonds. The maximum atomic E-state index is 8.95. The summed E-state index contributed by atoms with van der Waals surface area (Å²) in [4.78, 5) is 8.36. The smallest absolute Gasteiger partial charge is 0.290 e. The Morgan fingerprint density at radius 3 is 1.90 bits per heavy atom. The lowest BCUT2D eigenvalue weighted by molar-refractivity contribution is -0.122. The van der Waals surface area contributed by atoms with Gasteiger partial charge in [0.1, 0.15) is 0 Å². The van der Waals surface area contributed by atoms with Crippen molar-refractivity contribution in [3.8, 4) is 0 Å². The van der Waals surface area contributed by atoms with Crippen LogP contribution in [-0.4, -0.2) is 22.3 Å². The molecule has 3 heteroatoms. The molecule has 0 aliphatic carbocycles. The van der Waals surface area contributed by atoms with Crippen LogP contribution in [0.4, 0.5) is 0 Å². The first-order chi connectivity index (χ1) is 4.47. The molecule has 0 unspecified atom stereocenters. The molecule has 0 bridgehead atoms. The van der Waals surface area contributed by atoms with Gasteiger partial charge < -0.3 is 10.2 Å². The van der Waals surface area contributed by atoms with E-state index in [1.807, 2.05) is 0 Å². The molecule has 0 aliphatic heterocycles. The van der Waals surface area contributed by atoms with Crippen molar-refractivity contribution in [3.63, 3.8) is 0 Å². The van der Waals surface area contributed by atoms with Crippen molar-refractivity contribution in [1.82, 2.24) is 0 Å². The molecule has 0 aliphatic rings. The lowest BCUT2D eigenvalue weighted by atomic mass is 10.1. The van der Waals surface area contributed by atoms with Gasteiger partial charge in [0.25, 0.3) is 6.47 Å². The zero-order chi connectivity index (χ0) is 8.62. The minimum Gasteiger partial charge on any atom is -0.483 e. The van der Waals surface area contributed by atoms with E-state index in [-0.39, 0.29) is 6.47 Å². The molecule has 0 aromatic heterocycles. The van der Waals surface area contributed by atoms with Crippen LogP contribution < -0.4 is 0 Å². The predicted octanol–water partition coefficient (Wildman–Crippen LogP) is 1.03. The average Bonchev–Trinajstić information content (AvgIpc) is 1.63. The fourth-order valence-corrected chi connectivity index (χ4v) is 0.353. The van der Waals surface area contributed by atoms with Gasteiger partial charge in [-0.3, -0.25) is 4.79 Å². The number of aliphatic hydroxyl groups is 1. The first-order valence-corrected chi connectivity index (χ1v) is 2.89. The Morgan fingerprint density at radius 2 is 1.90 bits per heavy atom. The fourth-order valence-electron chi connectivity index (χ4n) is 0.353. The van der Waals surface area contributed by atoms with Gasteiger partial charge in [0.15, 0.2) is 0 Å². The predicted molar refractivity (Wildman–Crippen MR) is 39.8 cm³/mol. The number of rotatable bonds is 2. The highest BCUT2D eigenvalue weighted by atomic mass is 16.3. The van der Waals surface area contributed by atoms with E-state index in [2.05, 4.69) is 6.58 Å². The number of hydrogen-bond donors (Lipinski definition) is 2. The van der Waals surface area contributed by atoms with Crippen LogP contribution in [-0.2, 0) is 4.79 Å². The van der Waals surface area contributed by atoms with E-state index in [0.717, 1.165) is 0 Å². The van der Waals surface area contributed by atoms with E-state index in [0.29, 0.717) is 6.42 Å². The van der Waals surface area contributed by atoms with Crippen LogP contribution in [0, 0.1) is 0 Å². The molecule has 60 valence electrons. The summed E-state index contributed by atoms with van der Waals surface area (Å²) in [5.74, 6) is 0. The molecule has 0 aromatic rings. The van der Waals surface area contributed by atoms with E-state index >= 15 is 0 Å². The molecule has 0 heterocycles. The Hall–Kier alpha value is -0.830. The van der Waals surface area contributed by atoms with Crippen LogP contribution >= 0.6 is 0 Å². The summed E-state index contributed by atoms with van der Waals surface area (Å²) in [6, 6.07) is 0. The molecule has 0 aromatic carbocycles. The van der Waals surface area contributed by atoms with Gasteiger partial charge in [-0.15, -0.1) is 6.58 Å². The minimum atomic E-state index is -0.568. The van der Waals surface area contributed by atoms with E-state index < -0.39 is 5.60 Å². The fraction of sp³-hybridized carbons (Fsp3) is 0.571. The monoisotopic (exact) mass is 146 g/mol. The second-order valence-electron chi connectivity index (χ2n) is 2.41. The summed E-state index contributed by atoms with van der Waals surface area (Å²) < 4.78 is 0. The van der Waals surface area contributed by atoms with Gasteiger partial charge in [-0.05, 0) is 20.3 Å². The topological polar surface area (TPSA) is 57.5 Å². The summed E-state index contributed by atoms with van der Waals surface area (Å²) in [6.45, 7) is 6.75. The number of hydrogen-bond acceptors (Lipinski definition) is 2. The van der Waals surface area contributed by atoms with E-state index in [9.17, 15) is 0 Å². The summed E-state index contributed by atoms with van der Waals surface area (Å²) in [5, 5.41) is 15.8. The van der Waals surface area contributed by atoms with Crippen LogP contribution in [0.1, 0.15) is 20.3 Å². The molecule has 0 atom stereocenters. The molecular weight excluding hydrogens is 132 g/mol. The normalized spacial score (nSPS) is 9.10. The summed E-state index contributed by atoms with van der Waals surface area (Å²) >= 11 is 0. The SMILES string of the molecule is C=CCC(C)(C)O.O=CO. The van der Waals surface area contributed by atoms with Gasteiger partial charge in [-0.25, -0.2) is 0 Å². The van der Waals surface area contributed by atoms with E-state index in [4.69, 9.17) is 15.0 Å². The van der Waals surface area contributed by atoms with Crippen molar-refractivity contribution in [2.24, 2.45) is 0 Å². The quantitative estimate of drug-likeness (QED) is 0.452. The van der Waals surface area contributed by atoms with Gasteiger partial charge in [0.05, 0.1) is 5.60 Å². The molecule has 0 rings (SSSR count). The molecule has 0 saturated carbocycles. The third-order valence-electron chi connectivity index (χ3n) is 0.644. The minimum absolute atomic E-state index is 0.250. The van der Waals surface area contributed by atoms with Crippen molar-refractivity contribution in [2.45, 2.75) is 25.9 Å². The Balaban J connectivity index is 0. The Kier molecular flexibility index (Phi) is 7.49. The third-order valence-corrected chi connectivity index (χ3v) is 0.644. The maximum absolute atomic E-state index is 8.95. The lowest BCUT2D eigenvalue weighted by Gasteiger charge is -2.12. The zero-order valence-electron chi connectivity index (χ0n) is 6.37. The first kappa shape index (κ1) is 11.9. The van der Waals surface area contributed by atoms with Gasteiger partial charge >= 0.3 is 0 Å². The highest BCUT2D eigenvalue weighted by Gasteiger charge is 2.07. The van der Waals surface area contributed by atoms with Crippen molar-refractivity contribution in [3.05, 3.63) is 12.7 Å². The average molecular weight is 146 g/mol. The summed E-state index contributed by atoms with van der Waals surface area (Å²) in [7, 11) is 0. The molecule has 3 nitrogen and oxygen atoms in total. The summed E-state index contributed by atoms with van der Waals surface area (Å²) in [5.41, 5.74) is -0.568. The van der Waals surface area contributed by atoms with Gasteiger partial charge in [0, 0.05) is 0 Å². The van der Waals surface area contributed by atoms with E-state index in [1.165, 1.54) is 0 Å². The Morgan fingerprint density at radius 1 is 1.60 bits per heavy atom. The van der Waals surface area contributed by atoms with Crippen LogP contribution in [0.2, 0.25) is 0 Å². The lowest BCUT2D eigenvalue weighted by Crippen LogP contribution is -2.16. The highest BCUT2D eigenvalue weighted by molar-refractivity contribution is 5.32.